The first-order chi connectivity index (χ1) is 29.8. The summed E-state index contributed by atoms with van der Waals surface area (Å²) in [5.41, 5.74) is -6.22. The molecule has 2 fully saturated rings. The van der Waals surface area contributed by atoms with Crippen molar-refractivity contribution in [2.75, 3.05) is 29.6 Å². The van der Waals surface area contributed by atoms with Crippen molar-refractivity contribution in [1.82, 2.24) is 20.5 Å². The summed E-state index contributed by atoms with van der Waals surface area (Å²) in [5.74, 6) is -8.79. The van der Waals surface area contributed by atoms with Crippen LogP contribution in [0, 0.1) is 28.8 Å². The number of thiocarbonyl (C=S) groups is 1. The number of piperidine rings is 1. The van der Waals surface area contributed by atoms with Crippen molar-refractivity contribution in [3.63, 3.8) is 0 Å². The van der Waals surface area contributed by atoms with Crippen LogP contribution in [0.3, 0.4) is 0 Å². The van der Waals surface area contributed by atoms with E-state index in [0.717, 1.165) is 34.2 Å². The Bertz CT molecular complexity index is 2720. The molecule has 63 heavy (non-hydrogen) atoms. The molecule has 2 N–H and O–H groups in total. The molecule has 324 valence electrons. The molecule has 3 aromatic carbocycles. The number of hydrogen-bond acceptors (Lipinski definition) is 11. The molecule has 15 nitrogen and oxygen atoms in total. The van der Waals surface area contributed by atoms with Crippen molar-refractivity contribution in [3.8, 4) is 28.8 Å². The summed E-state index contributed by atoms with van der Waals surface area (Å²) >= 11 is 5.39. The Hall–Kier alpha value is -7.41. The number of carbonyl (C=O) groups excluding carboxylic acids is 6. The van der Waals surface area contributed by atoms with E-state index in [0.29, 0.717) is 11.0 Å². The molecule has 3 aliphatic rings. The molecule has 7 rings (SSSR count). The predicted molar refractivity (Wildman–Crippen MR) is 209 cm³/mol. The number of anilines is 2. The van der Waals surface area contributed by atoms with Crippen molar-refractivity contribution >= 4 is 64.1 Å². The minimum Gasteiger partial charge on any atom is -0.489 e. The van der Waals surface area contributed by atoms with E-state index >= 15 is 13.2 Å². The van der Waals surface area contributed by atoms with Crippen molar-refractivity contribution in [2.45, 2.75) is 44.4 Å². The fourth-order valence-electron chi connectivity index (χ4n) is 7.23. The molecule has 1 aromatic heterocycles. The number of amides is 6. The fraction of sp³-hybridized carbons (Fsp3) is 0.244. The monoisotopic (exact) mass is 893 g/mol. The number of imide groups is 2. The van der Waals surface area contributed by atoms with Gasteiger partial charge in [-0.2, -0.15) is 18.4 Å². The molecule has 0 bridgehead atoms. The second-order valence-electron chi connectivity index (χ2n) is 14.5. The number of ether oxygens (including phenoxy) is 2. The molecule has 3 aliphatic heterocycles. The van der Waals surface area contributed by atoms with E-state index < -0.39 is 99.2 Å². The largest absolute Gasteiger partial charge is 0.489 e. The van der Waals surface area contributed by atoms with Crippen molar-refractivity contribution < 1.29 is 64.6 Å². The first-order valence-corrected chi connectivity index (χ1v) is 19.0. The van der Waals surface area contributed by atoms with Crippen molar-refractivity contribution in [2.24, 2.45) is 0 Å². The van der Waals surface area contributed by atoms with E-state index in [2.05, 4.69) is 15.6 Å². The van der Waals surface area contributed by atoms with Gasteiger partial charge in [0.15, 0.2) is 34.9 Å². The van der Waals surface area contributed by atoms with Crippen LogP contribution >= 0.6 is 12.2 Å². The lowest BCUT2D eigenvalue weighted by atomic mass is 10.0. The van der Waals surface area contributed by atoms with Crippen molar-refractivity contribution in [3.05, 3.63) is 100 Å². The molecular weight excluding hydrogens is 865 g/mol. The van der Waals surface area contributed by atoms with Gasteiger partial charge >= 0.3 is 6.18 Å². The third-order valence-corrected chi connectivity index (χ3v) is 10.6. The second-order valence-corrected chi connectivity index (χ2v) is 14.9. The van der Waals surface area contributed by atoms with Crippen LogP contribution < -0.4 is 29.9 Å². The summed E-state index contributed by atoms with van der Waals surface area (Å²) in [7, 11) is 0. The van der Waals surface area contributed by atoms with Crippen LogP contribution in [-0.4, -0.2) is 81.8 Å². The van der Waals surface area contributed by atoms with Gasteiger partial charge in [-0.15, -0.1) is 0 Å². The van der Waals surface area contributed by atoms with E-state index in [9.17, 15) is 41.9 Å². The molecule has 1 atom stereocenters. The van der Waals surface area contributed by atoms with Crippen LogP contribution in [0.25, 0.3) is 11.3 Å². The van der Waals surface area contributed by atoms with E-state index in [1.807, 2.05) is 0 Å². The highest BCUT2D eigenvalue weighted by Crippen LogP contribution is 2.42. The zero-order chi connectivity index (χ0) is 45.7. The molecule has 0 aliphatic carbocycles. The minimum atomic E-state index is -5.29. The zero-order valence-electron chi connectivity index (χ0n) is 32.6. The molecular formula is C41H29F6N7O8S. The molecule has 0 spiro atoms. The Labute approximate surface area is 357 Å². The second kappa shape index (κ2) is 16.5. The van der Waals surface area contributed by atoms with Crippen molar-refractivity contribution in [1.29, 1.82) is 5.26 Å². The summed E-state index contributed by atoms with van der Waals surface area (Å²) in [6.45, 7) is 1.63. The Balaban J connectivity index is 0.959. The number of aromatic nitrogens is 1. The van der Waals surface area contributed by atoms with Crippen LogP contribution in [0.1, 0.15) is 58.5 Å². The number of nitrogens with zero attached hydrogens (tertiary/aromatic N) is 5. The van der Waals surface area contributed by atoms with E-state index in [4.69, 9.17) is 27.0 Å². The maximum absolute atomic E-state index is 15.7. The van der Waals surface area contributed by atoms with Gasteiger partial charge < -0.3 is 19.7 Å². The molecule has 0 radical (unpaired) electrons. The van der Waals surface area contributed by atoms with E-state index in [1.165, 1.54) is 50.2 Å². The number of rotatable bonds is 11. The van der Waals surface area contributed by atoms with Crippen LogP contribution in [0.4, 0.5) is 37.7 Å². The average Bonchev–Trinajstić information content (AvgIpc) is 3.57. The summed E-state index contributed by atoms with van der Waals surface area (Å²) in [4.78, 5) is 82.6. The maximum Gasteiger partial charge on any atom is 0.420 e. The van der Waals surface area contributed by atoms with Gasteiger partial charge in [0.05, 0.1) is 46.9 Å². The smallest absolute Gasteiger partial charge is 0.420 e. The topological polar surface area (TPSA) is 191 Å². The van der Waals surface area contributed by atoms with Crippen LogP contribution in [0.15, 0.2) is 60.8 Å². The number of halogens is 6. The first kappa shape index (κ1) is 43.7. The number of benzene rings is 3. The number of pyridine rings is 1. The Morgan fingerprint density at radius 2 is 1.75 bits per heavy atom. The molecule has 4 heterocycles. The maximum atomic E-state index is 15.7. The Morgan fingerprint density at radius 3 is 2.41 bits per heavy atom. The third-order valence-electron chi connectivity index (χ3n) is 10.2. The van der Waals surface area contributed by atoms with Gasteiger partial charge in [-0.1, -0.05) is 6.07 Å². The number of nitrogens with one attached hydrogen (secondary N) is 2. The summed E-state index contributed by atoms with van der Waals surface area (Å²) in [5, 5.41) is 13.2. The SMILES string of the molecule is CC1(C)C(=O)N(c2ccc(C#N)c(C(F)(F)F)c2F)C(=S)N1c1cnc(-c2ccc(OCCNC(=O)COc3cccc4c3C(=O)N(C3CCC(=O)NC3=O)C4=O)c(F)c2)c(F)c1. The molecule has 0 saturated carbocycles. The molecule has 6 amide bonds. The molecule has 4 aromatic rings. The highest BCUT2D eigenvalue weighted by Gasteiger charge is 2.52. The van der Waals surface area contributed by atoms with E-state index in [-0.39, 0.29) is 65.6 Å². The molecule has 1 unspecified atom stereocenters. The molecule has 22 heteroatoms. The van der Waals surface area contributed by atoms with Gasteiger partial charge in [-0.25, -0.2) is 13.2 Å². The van der Waals surface area contributed by atoms with Gasteiger partial charge in [-0.3, -0.25) is 48.9 Å². The van der Waals surface area contributed by atoms with Crippen LogP contribution in [0.2, 0.25) is 0 Å². The number of alkyl halides is 3. The quantitative estimate of drug-likeness (QED) is 0.0894. The minimum absolute atomic E-state index is 0.0451. The normalized spacial score (nSPS) is 17.2. The van der Waals surface area contributed by atoms with Gasteiger partial charge in [0, 0.05) is 18.1 Å². The summed E-state index contributed by atoms with van der Waals surface area (Å²) in [6, 6.07) is 10.00. The first-order valence-electron chi connectivity index (χ1n) is 18.6. The number of hydrogen-bond donors (Lipinski definition) is 2. The van der Waals surface area contributed by atoms with Gasteiger partial charge in [-0.05, 0) is 75.0 Å². The lowest BCUT2D eigenvalue weighted by Crippen LogP contribution is -2.54. The van der Waals surface area contributed by atoms with E-state index in [1.54, 1.807) is 0 Å². The van der Waals surface area contributed by atoms with Crippen LogP contribution in [0.5, 0.6) is 11.5 Å². The third kappa shape index (κ3) is 7.86. The van der Waals surface area contributed by atoms with Crippen LogP contribution in [-0.2, 0) is 25.4 Å². The van der Waals surface area contributed by atoms with Gasteiger partial charge in [0.25, 0.3) is 23.6 Å². The molecule has 2 saturated heterocycles. The standard InChI is InChI=1S/C41H29F6N7O8S/c1-40(2)38(60)53(25-8-6-20(16-48)32(33(25)44)41(45,46)47)39(63)54(40)21-15-24(43)34(50-17-21)19-7-10-27(23(42)14-19)61-13-12-49-30(56)18-62-28-5-3-4-22-31(28)37(59)52(36(22)58)26-9-11-29(55)51-35(26)57/h3-8,10,14-15,17,26H,9,11-13,18H2,1-2H3,(H,49,56)(H,51,55,57). The lowest BCUT2D eigenvalue weighted by Gasteiger charge is -2.29. The number of nitriles is 1. The highest BCUT2D eigenvalue weighted by molar-refractivity contribution is 7.81. The zero-order valence-corrected chi connectivity index (χ0v) is 33.4. The average molecular weight is 894 g/mol. The van der Waals surface area contributed by atoms with Gasteiger partial charge in [0.2, 0.25) is 11.8 Å². The fourth-order valence-corrected chi connectivity index (χ4v) is 7.74. The number of carbonyl (C=O) groups is 6. The summed E-state index contributed by atoms with van der Waals surface area (Å²) in [6.07, 6.45) is -4.33. The highest BCUT2D eigenvalue weighted by atomic mass is 32.1. The Morgan fingerprint density at radius 1 is 1.00 bits per heavy atom. The summed E-state index contributed by atoms with van der Waals surface area (Å²) < 4.78 is 98.3. The Kier molecular flexibility index (Phi) is 11.4. The lowest BCUT2D eigenvalue weighted by molar-refractivity contribution is -0.140. The number of fused-ring (bicyclic) bond motifs is 1. The predicted octanol–water partition coefficient (Wildman–Crippen LogP) is 4.95. The van der Waals surface area contributed by atoms with Gasteiger partial charge in [0.1, 0.15) is 35.2 Å².